The van der Waals surface area contributed by atoms with Gasteiger partial charge in [-0.25, -0.2) is 0 Å². The summed E-state index contributed by atoms with van der Waals surface area (Å²) in [6.45, 7) is 12.6. The Kier molecular flexibility index (Phi) is 10.8. The SMILES string of the molecule is C=CCCOC(C)C(=O)NCC(NC(=O)C(C)OCCC=C)c1ccc2c(c1)OCCO2. The Balaban J connectivity index is 2.07. The van der Waals surface area contributed by atoms with Crippen LogP contribution in [0.4, 0.5) is 0 Å². The smallest absolute Gasteiger partial charge is 0.249 e. The summed E-state index contributed by atoms with van der Waals surface area (Å²) in [6.07, 6.45) is 3.52. The summed E-state index contributed by atoms with van der Waals surface area (Å²) in [5.41, 5.74) is 0.779. The maximum Gasteiger partial charge on any atom is 0.249 e. The average molecular weight is 447 g/mol. The van der Waals surface area contributed by atoms with Crippen LogP contribution in [0.25, 0.3) is 0 Å². The average Bonchev–Trinajstić information content (AvgIpc) is 2.81. The summed E-state index contributed by atoms with van der Waals surface area (Å²) in [7, 11) is 0. The number of carbonyl (C=O) groups excluding carboxylic acids is 2. The zero-order chi connectivity index (χ0) is 23.3. The van der Waals surface area contributed by atoms with E-state index in [0.717, 1.165) is 5.56 Å². The first kappa shape index (κ1) is 25.4. The molecular formula is C24H34N2O6. The number of nitrogens with one attached hydrogen (secondary N) is 2. The van der Waals surface area contributed by atoms with Crippen molar-refractivity contribution in [3.63, 3.8) is 0 Å². The van der Waals surface area contributed by atoms with Crippen LogP contribution >= 0.6 is 0 Å². The minimum atomic E-state index is -0.647. The van der Waals surface area contributed by atoms with E-state index in [4.69, 9.17) is 18.9 Å². The number of hydrogen-bond acceptors (Lipinski definition) is 6. The Morgan fingerprint density at radius 2 is 1.59 bits per heavy atom. The summed E-state index contributed by atoms with van der Waals surface area (Å²) in [5, 5.41) is 5.81. The number of fused-ring (bicyclic) bond motifs is 1. The monoisotopic (exact) mass is 446 g/mol. The lowest BCUT2D eigenvalue weighted by molar-refractivity contribution is -0.134. The first-order valence-corrected chi connectivity index (χ1v) is 10.9. The molecule has 0 spiro atoms. The quantitative estimate of drug-likeness (QED) is 0.337. The lowest BCUT2D eigenvalue weighted by Gasteiger charge is -2.25. The summed E-state index contributed by atoms with van der Waals surface area (Å²) >= 11 is 0. The van der Waals surface area contributed by atoms with E-state index >= 15 is 0 Å². The Morgan fingerprint density at radius 3 is 2.22 bits per heavy atom. The molecule has 1 aromatic rings. The van der Waals surface area contributed by atoms with Gasteiger partial charge in [0.05, 0.1) is 19.3 Å². The third kappa shape index (κ3) is 8.01. The summed E-state index contributed by atoms with van der Waals surface area (Å²) < 4.78 is 22.3. The van der Waals surface area contributed by atoms with Gasteiger partial charge in [0.15, 0.2) is 11.5 Å². The largest absolute Gasteiger partial charge is 0.486 e. The highest BCUT2D eigenvalue weighted by atomic mass is 16.6. The molecule has 8 nitrogen and oxygen atoms in total. The second-order valence-corrected chi connectivity index (χ2v) is 7.39. The van der Waals surface area contributed by atoms with Gasteiger partial charge in [-0.05, 0) is 44.4 Å². The van der Waals surface area contributed by atoms with Crippen LogP contribution < -0.4 is 20.1 Å². The Labute approximate surface area is 189 Å². The predicted octanol–water partition coefficient (Wildman–Crippen LogP) is 2.69. The highest BCUT2D eigenvalue weighted by Gasteiger charge is 2.23. The molecule has 2 amide bonds. The zero-order valence-corrected chi connectivity index (χ0v) is 18.9. The van der Waals surface area contributed by atoms with E-state index in [1.54, 1.807) is 32.1 Å². The summed E-state index contributed by atoms with van der Waals surface area (Å²) in [6, 6.07) is 4.97. The van der Waals surface area contributed by atoms with Crippen LogP contribution in [0.3, 0.4) is 0 Å². The van der Waals surface area contributed by atoms with Crippen molar-refractivity contribution in [2.24, 2.45) is 0 Å². The molecule has 0 fully saturated rings. The molecule has 0 aromatic heterocycles. The second kappa shape index (κ2) is 13.5. The minimum absolute atomic E-state index is 0.179. The molecule has 1 aliphatic rings. The first-order chi connectivity index (χ1) is 15.5. The van der Waals surface area contributed by atoms with Gasteiger partial charge in [-0.3, -0.25) is 9.59 Å². The van der Waals surface area contributed by atoms with Crippen LogP contribution in [-0.2, 0) is 19.1 Å². The fraction of sp³-hybridized carbons (Fsp3) is 0.500. The fourth-order valence-electron chi connectivity index (χ4n) is 2.97. The molecule has 176 valence electrons. The van der Waals surface area contributed by atoms with Crippen LogP contribution in [0, 0.1) is 0 Å². The number of ether oxygens (including phenoxy) is 4. The van der Waals surface area contributed by atoms with Gasteiger partial charge in [-0.2, -0.15) is 0 Å². The molecule has 0 aliphatic carbocycles. The first-order valence-electron chi connectivity index (χ1n) is 10.9. The second-order valence-electron chi connectivity index (χ2n) is 7.39. The summed E-state index contributed by atoms with van der Waals surface area (Å²) in [5.74, 6) is 0.717. The van der Waals surface area contributed by atoms with E-state index in [1.807, 2.05) is 12.1 Å². The fourth-order valence-corrected chi connectivity index (χ4v) is 2.97. The predicted molar refractivity (Wildman–Crippen MR) is 122 cm³/mol. The molecule has 0 saturated heterocycles. The minimum Gasteiger partial charge on any atom is -0.486 e. The van der Waals surface area contributed by atoms with Crippen molar-refractivity contribution in [2.45, 2.75) is 44.9 Å². The van der Waals surface area contributed by atoms with E-state index in [-0.39, 0.29) is 18.4 Å². The number of benzene rings is 1. The van der Waals surface area contributed by atoms with E-state index in [2.05, 4.69) is 23.8 Å². The van der Waals surface area contributed by atoms with Gasteiger partial charge < -0.3 is 29.6 Å². The van der Waals surface area contributed by atoms with Crippen LogP contribution in [0.15, 0.2) is 43.5 Å². The number of hydrogen-bond donors (Lipinski definition) is 2. The van der Waals surface area contributed by atoms with Crippen molar-refractivity contribution in [1.82, 2.24) is 10.6 Å². The van der Waals surface area contributed by atoms with Gasteiger partial charge in [-0.1, -0.05) is 18.2 Å². The molecule has 3 atom stereocenters. The molecule has 0 radical (unpaired) electrons. The van der Waals surface area contributed by atoms with Crippen LogP contribution in [0.2, 0.25) is 0 Å². The lowest BCUT2D eigenvalue weighted by atomic mass is 10.0. The molecule has 2 N–H and O–H groups in total. The standard InChI is InChI=1S/C24H34N2O6/c1-5-7-11-29-17(3)23(27)25-16-20(26-24(28)18(4)30-12-8-6-2)19-9-10-21-22(15-19)32-14-13-31-21/h5-6,9-10,15,17-18,20H,1-2,7-8,11-14,16H2,3-4H3,(H,25,27)(H,26,28). The molecule has 2 rings (SSSR count). The topological polar surface area (TPSA) is 95.1 Å². The zero-order valence-electron chi connectivity index (χ0n) is 18.9. The van der Waals surface area contributed by atoms with Gasteiger partial charge in [0.25, 0.3) is 0 Å². The third-order valence-electron chi connectivity index (χ3n) is 4.88. The Hall–Kier alpha value is -2.84. The third-order valence-corrected chi connectivity index (χ3v) is 4.88. The van der Waals surface area contributed by atoms with E-state index in [0.29, 0.717) is 50.8 Å². The highest BCUT2D eigenvalue weighted by Crippen LogP contribution is 2.32. The van der Waals surface area contributed by atoms with Crippen molar-refractivity contribution in [2.75, 3.05) is 33.0 Å². The molecule has 8 heteroatoms. The molecule has 32 heavy (non-hydrogen) atoms. The maximum atomic E-state index is 12.7. The lowest BCUT2D eigenvalue weighted by Crippen LogP contribution is -2.44. The number of rotatable bonds is 14. The molecule has 3 unspecified atom stereocenters. The number of amides is 2. The van der Waals surface area contributed by atoms with Crippen molar-refractivity contribution in [3.05, 3.63) is 49.1 Å². The van der Waals surface area contributed by atoms with Crippen molar-refractivity contribution in [1.29, 1.82) is 0 Å². The Bertz CT molecular complexity index is 782. The van der Waals surface area contributed by atoms with Crippen molar-refractivity contribution in [3.8, 4) is 11.5 Å². The molecule has 0 saturated carbocycles. The van der Waals surface area contributed by atoms with E-state index < -0.39 is 18.2 Å². The van der Waals surface area contributed by atoms with Crippen LogP contribution in [-0.4, -0.2) is 57.0 Å². The molecular weight excluding hydrogens is 412 g/mol. The van der Waals surface area contributed by atoms with Crippen molar-refractivity contribution < 1.29 is 28.5 Å². The molecule has 1 aromatic carbocycles. The van der Waals surface area contributed by atoms with Gasteiger partial charge in [-0.15, -0.1) is 13.2 Å². The molecule has 1 heterocycles. The van der Waals surface area contributed by atoms with E-state index in [1.165, 1.54) is 0 Å². The summed E-state index contributed by atoms with van der Waals surface area (Å²) in [4.78, 5) is 25.1. The Morgan fingerprint density at radius 1 is 1.00 bits per heavy atom. The number of carbonyl (C=O) groups is 2. The molecule has 0 bridgehead atoms. The van der Waals surface area contributed by atoms with Gasteiger partial charge in [0, 0.05) is 6.54 Å². The maximum absolute atomic E-state index is 12.7. The van der Waals surface area contributed by atoms with Gasteiger partial charge in [0.1, 0.15) is 25.4 Å². The van der Waals surface area contributed by atoms with Crippen molar-refractivity contribution >= 4 is 11.8 Å². The molecule has 1 aliphatic heterocycles. The van der Waals surface area contributed by atoms with Crippen LogP contribution in [0.5, 0.6) is 11.5 Å². The highest BCUT2D eigenvalue weighted by molar-refractivity contribution is 5.82. The normalized spacial score (nSPS) is 15.2. The van der Waals surface area contributed by atoms with Gasteiger partial charge >= 0.3 is 0 Å². The van der Waals surface area contributed by atoms with Gasteiger partial charge in [0.2, 0.25) is 11.8 Å². The van der Waals surface area contributed by atoms with Crippen LogP contribution in [0.1, 0.15) is 38.3 Å². The van der Waals surface area contributed by atoms with E-state index in [9.17, 15) is 9.59 Å².